The lowest BCUT2D eigenvalue weighted by Crippen LogP contribution is -2.57. The van der Waals surface area contributed by atoms with Gasteiger partial charge in [-0.2, -0.15) is 0 Å². The Bertz CT molecular complexity index is 554. The Labute approximate surface area is 113 Å². The van der Waals surface area contributed by atoms with Gasteiger partial charge in [-0.25, -0.2) is 13.1 Å². The summed E-state index contributed by atoms with van der Waals surface area (Å²) in [6.45, 7) is 6.28. The van der Waals surface area contributed by atoms with Gasteiger partial charge in [-0.15, -0.1) is 0 Å². The van der Waals surface area contributed by atoms with E-state index in [1.165, 1.54) is 0 Å². The number of rotatable bonds is 3. The van der Waals surface area contributed by atoms with Crippen LogP contribution in [0.1, 0.15) is 24.3 Å². The SMILES string of the molecule is Cc1noc(C)c1S(=O)(=O)NC1CN2CCC1CC2. The Hall–Kier alpha value is -0.920. The van der Waals surface area contributed by atoms with Crippen LogP contribution >= 0.6 is 0 Å². The van der Waals surface area contributed by atoms with E-state index in [9.17, 15) is 8.42 Å². The van der Waals surface area contributed by atoms with Crippen molar-refractivity contribution in [3.8, 4) is 0 Å². The first-order valence-corrected chi connectivity index (χ1v) is 8.13. The van der Waals surface area contributed by atoms with Crippen molar-refractivity contribution in [3.63, 3.8) is 0 Å². The highest BCUT2D eigenvalue weighted by Gasteiger charge is 2.37. The fourth-order valence-corrected chi connectivity index (χ4v) is 4.84. The number of nitrogens with zero attached hydrogens (tertiary/aromatic N) is 2. The minimum atomic E-state index is -3.53. The minimum absolute atomic E-state index is 0.0150. The van der Waals surface area contributed by atoms with Gasteiger partial charge in [0.05, 0.1) is 0 Å². The summed E-state index contributed by atoms with van der Waals surface area (Å²) in [6, 6.07) is 0.0150. The van der Waals surface area contributed by atoms with Crippen LogP contribution in [0.4, 0.5) is 0 Å². The molecule has 3 fully saturated rings. The average Bonchev–Trinajstić information content (AvgIpc) is 2.70. The standard InChI is InChI=1S/C12H19N3O3S/c1-8-12(9(2)18-13-8)19(16,17)14-11-7-15-5-3-10(11)4-6-15/h10-11,14H,3-7H2,1-2H3. The largest absolute Gasteiger partial charge is 0.360 e. The molecular formula is C12H19N3O3S. The Kier molecular flexibility index (Phi) is 3.15. The molecule has 19 heavy (non-hydrogen) atoms. The highest BCUT2D eigenvalue weighted by Crippen LogP contribution is 2.29. The van der Waals surface area contributed by atoms with E-state index < -0.39 is 10.0 Å². The van der Waals surface area contributed by atoms with E-state index in [2.05, 4.69) is 14.8 Å². The summed E-state index contributed by atoms with van der Waals surface area (Å²) in [5.41, 5.74) is 0.422. The number of nitrogens with one attached hydrogen (secondary N) is 1. The second-order valence-corrected chi connectivity index (χ2v) is 7.17. The average molecular weight is 285 g/mol. The van der Waals surface area contributed by atoms with Gasteiger partial charge in [0.1, 0.15) is 10.6 Å². The predicted molar refractivity (Wildman–Crippen MR) is 69.3 cm³/mol. The Balaban J connectivity index is 1.83. The lowest BCUT2D eigenvalue weighted by atomic mass is 9.85. The molecule has 1 atom stereocenters. The van der Waals surface area contributed by atoms with Gasteiger partial charge in [0.15, 0.2) is 5.76 Å². The molecule has 0 radical (unpaired) electrons. The lowest BCUT2D eigenvalue weighted by molar-refractivity contribution is 0.0827. The molecule has 0 spiro atoms. The van der Waals surface area contributed by atoms with Crippen molar-refractivity contribution in [3.05, 3.63) is 11.5 Å². The molecule has 0 aliphatic carbocycles. The first kappa shape index (κ1) is 13.1. The molecule has 4 heterocycles. The second kappa shape index (κ2) is 4.57. The van der Waals surface area contributed by atoms with Crippen LogP contribution in [-0.2, 0) is 10.0 Å². The van der Waals surface area contributed by atoms with E-state index >= 15 is 0 Å². The van der Waals surface area contributed by atoms with Crippen LogP contribution in [0.15, 0.2) is 9.42 Å². The first-order valence-electron chi connectivity index (χ1n) is 6.65. The van der Waals surface area contributed by atoms with Gasteiger partial charge in [-0.3, -0.25) is 0 Å². The normalized spacial score (nSPS) is 30.7. The van der Waals surface area contributed by atoms with Crippen LogP contribution < -0.4 is 4.72 Å². The Morgan fingerprint density at radius 2 is 2.00 bits per heavy atom. The van der Waals surface area contributed by atoms with Crippen molar-refractivity contribution < 1.29 is 12.9 Å². The van der Waals surface area contributed by atoms with Gasteiger partial charge in [0, 0.05) is 12.6 Å². The van der Waals surface area contributed by atoms with Gasteiger partial charge < -0.3 is 9.42 Å². The molecule has 4 rings (SSSR count). The molecule has 7 heteroatoms. The first-order chi connectivity index (χ1) is 8.97. The zero-order chi connectivity index (χ0) is 13.6. The molecule has 3 saturated heterocycles. The van der Waals surface area contributed by atoms with Crippen molar-refractivity contribution in [2.75, 3.05) is 19.6 Å². The molecule has 0 amide bonds. The number of aryl methyl sites for hydroxylation is 2. The van der Waals surface area contributed by atoms with Crippen LogP contribution in [0, 0.1) is 19.8 Å². The third-order valence-corrected chi connectivity index (χ3v) is 5.93. The fourth-order valence-electron chi connectivity index (χ4n) is 3.22. The van der Waals surface area contributed by atoms with Gasteiger partial charge in [0.2, 0.25) is 10.0 Å². The zero-order valence-corrected chi connectivity index (χ0v) is 12.0. The number of fused-ring (bicyclic) bond motifs is 3. The molecule has 1 aromatic rings. The Morgan fingerprint density at radius 1 is 1.32 bits per heavy atom. The summed E-state index contributed by atoms with van der Waals surface area (Å²) >= 11 is 0. The van der Waals surface area contributed by atoms with Crippen molar-refractivity contribution in [2.45, 2.75) is 37.6 Å². The van der Waals surface area contributed by atoms with E-state index in [0.29, 0.717) is 17.4 Å². The van der Waals surface area contributed by atoms with Crippen LogP contribution in [-0.4, -0.2) is 44.2 Å². The molecule has 0 saturated carbocycles. The van der Waals surface area contributed by atoms with E-state index in [-0.39, 0.29) is 10.9 Å². The van der Waals surface area contributed by atoms with Crippen LogP contribution in [0.3, 0.4) is 0 Å². The van der Waals surface area contributed by atoms with Gasteiger partial charge >= 0.3 is 0 Å². The van der Waals surface area contributed by atoms with Crippen LogP contribution in [0.2, 0.25) is 0 Å². The molecule has 1 aromatic heterocycles. The van der Waals surface area contributed by atoms with Gasteiger partial charge in [-0.05, 0) is 45.7 Å². The smallest absolute Gasteiger partial charge is 0.246 e. The summed E-state index contributed by atoms with van der Waals surface area (Å²) in [7, 11) is -3.53. The van der Waals surface area contributed by atoms with Crippen molar-refractivity contribution in [1.82, 2.24) is 14.8 Å². The summed E-state index contributed by atoms with van der Waals surface area (Å²) in [5, 5.41) is 3.72. The van der Waals surface area contributed by atoms with Crippen molar-refractivity contribution in [1.29, 1.82) is 0 Å². The van der Waals surface area contributed by atoms with Crippen molar-refractivity contribution in [2.24, 2.45) is 5.92 Å². The van der Waals surface area contributed by atoms with E-state index in [1.807, 2.05) is 0 Å². The van der Waals surface area contributed by atoms with Gasteiger partial charge in [-0.1, -0.05) is 5.16 Å². The molecule has 106 valence electrons. The number of aromatic nitrogens is 1. The number of hydrogen-bond acceptors (Lipinski definition) is 5. The van der Waals surface area contributed by atoms with Crippen LogP contribution in [0.25, 0.3) is 0 Å². The third kappa shape index (κ3) is 2.30. The summed E-state index contributed by atoms with van der Waals surface area (Å²) in [5.74, 6) is 0.812. The molecule has 3 aliphatic heterocycles. The molecular weight excluding hydrogens is 266 g/mol. The summed E-state index contributed by atoms with van der Waals surface area (Å²) in [6.07, 6.45) is 2.16. The molecule has 0 aromatic carbocycles. The number of hydrogen-bond donors (Lipinski definition) is 1. The van der Waals surface area contributed by atoms with E-state index in [4.69, 9.17) is 4.52 Å². The zero-order valence-electron chi connectivity index (χ0n) is 11.2. The third-order valence-electron chi connectivity index (χ3n) is 4.20. The predicted octanol–water partition coefficient (Wildman–Crippen LogP) is 0.664. The molecule has 1 unspecified atom stereocenters. The maximum atomic E-state index is 12.4. The summed E-state index contributed by atoms with van der Waals surface area (Å²) < 4.78 is 32.7. The van der Waals surface area contributed by atoms with E-state index in [0.717, 1.165) is 32.5 Å². The fraction of sp³-hybridized carbons (Fsp3) is 0.750. The molecule has 1 N–H and O–H groups in total. The number of sulfonamides is 1. The molecule has 6 nitrogen and oxygen atoms in total. The second-order valence-electron chi connectivity index (χ2n) is 5.52. The topological polar surface area (TPSA) is 75.4 Å². The highest BCUT2D eigenvalue weighted by molar-refractivity contribution is 7.89. The van der Waals surface area contributed by atoms with Crippen LogP contribution in [0.5, 0.6) is 0 Å². The Morgan fingerprint density at radius 3 is 2.47 bits per heavy atom. The van der Waals surface area contributed by atoms with Crippen molar-refractivity contribution >= 4 is 10.0 Å². The quantitative estimate of drug-likeness (QED) is 0.883. The summed E-state index contributed by atoms with van der Waals surface area (Å²) in [4.78, 5) is 2.52. The molecule has 3 aliphatic rings. The molecule has 2 bridgehead atoms. The maximum absolute atomic E-state index is 12.4. The maximum Gasteiger partial charge on any atom is 0.246 e. The monoisotopic (exact) mass is 285 g/mol. The highest BCUT2D eigenvalue weighted by atomic mass is 32.2. The van der Waals surface area contributed by atoms with E-state index in [1.54, 1.807) is 13.8 Å². The lowest BCUT2D eigenvalue weighted by Gasteiger charge is -2.44. The minimum Gasteiger partial charge on any atom is -0.360 e. The number of piperidine rings is 3. The van der Waals surface area contributed by atoms with Gasteiger partial charge in [0.25, 0.3) is 0 Å².